The number of alkyl halides is 9. The van der Waals surface area contributed by atoms with Crippen LogP contribution in [-0.2, 0) is 89.4 Å². The highest BCUT2D eigenvalue weighted by Crippen LogP contribution is 2.43. The molecule has 0 unspecified atom stereocenters. The summed E-state index contributed by atoms with van der Waals surface area (Å²) in [4.78, 5) is 139. The molecule has 0 radical (unpaired) electrons. The fourth-order valence-electron chi connectivity index (χ4n) is 17.7. The Morgan fingerprint density at radius 2 is 0.829 bits per heavy atom. The molecule has 0 aliphatic carbocycles. The molecule has 29 nitrogen and oxygen atoms in total. The molecule has 44 heteroatoms. The highest BCUT2D eigenvalue weighted by molar-refractivity contribution is 6.03. The lowest BCUT2D eigenvalue weighted by atomic mass is 9.93. The van der Waals surface area contributed by atoms with Crippen molar-refractivity contribution in [2.45, 2.75) is 115 Å². The summed E-state index contributed by atoms with van der Waals surface area (Å²) in [5.74, 6) is -14.3. The lowest BCUT2D eigenvalue weighted by Gasteiger charge is -2.38. The Balaban J connectivity index is 0.000000183. The molecule has 3 saturated heterocycles. The van der Waals surface area contributed by atoms with Crippen LogP contribution in [0.2, 0.25) is 0 Å². The number of pyridine rings is 7. The maximum Gasteiger partial charge on any atom is 0.417 e. The van der Waals surface area contributed by atoms with Crippen molar-refractivity contribution in [2.24, 2.45) is 21.1 Å². The van der Waals surface area contributed by atoms with Crippen LogP contribution in [0.5, 0.6) is 5.75 Å². The maximum atomic E-state index is 15.3. The third-order valence-corrected chi connectivity index (χ3v) is 25.3. The number of hydrogen-bond donors (Lipinski definition) is 3. The second kappa shape index (κ2) is 44.5. The van der Waals surface area contributed by atoms with E-state index in [9.17, 15) is 82.7 Å². The van der Waals surface area contributed by atoms with E-state index >= 15 is 26.3 Å². The average molecular weight is 2040 g/mol. The van der Waals surface area contributed by atoms with Gasteiger partial charge < -0.3 is 77.5 Å². The van der Waals surface area contributed by atoms with E-state index < -0.39 is 177 Å². The number of benzene rings is 6. The second-order valence-electron chi connectivity index (χ2n) is 34.3. The van der Waals surface area contributed by atoms with E-state index in [4.69, 9.17) is 33.2 Å². The normalized spacial score (nSPS) is 16.1. The molecule has 13 aromatic rings. The van der Waals surface area contributed by atoms with Gasteiger partial charge in [-0.15, -0.1) is 0 Å². The summed E-state index contributed by atoms with van der Waals surface area (Å²) in [6.07, 6.45) is -7.61. The minimum absolute atomic E-state index is 0. The van der Waals surface area contributed by atoms with Gasteiger partial charge in [-0.3, -0.25) is 48.7 Å². The van der Waals surface area contributed by atoms with Gasteiger partial charge in [0, 0.05) is 170 Å². The van der Waals surface area contributed by atoms with Gasteiger partial charge in [-0.1, -0.05) is 62.0 Å². The number of nitrogens with one attached hydrogen (secondary N) is 3. The molecule has 3 amide bonds. The smallest absolute Gasteiger partial charge is 0.417 e. The summed E-state index contributed by atoms with van der Waals surface area (Å²) >= 11 is 0. The number of rotatable bonds is 22. The Morgan fingerprint density at radius 1 is 0.452 bits per heavy atom. The first kappa shape index (κ1) is 108. The highest BCUT2D eigenvalue weighted by atomic mass is 19.4. The largest absolute Gasteiger partial charge is 0.496 e. The van der Waals surface area contributed by atoms with Crippen molar-refractivity contribution >= 4 is 96.3 Å². The summed E-state index contributed by atoms with van der Waals surface area (Å²) in [6.45, 7) is 5.33. The van der Waals surface area contributed by atoms with Crippen molar-refractivity contribution in [1.29, 1.82) is 0 Å². The Bertz CT molecular complexity index is 7360. The standard InChI is InChI=1S/C34H28F5N5O5.C34H33F5N4O5.C33H31F5N4O6.CH4/c1-43-27-7-9-40-16-19(27)12-23(32(43)46)22-6-5-18(21-4-3-8-41-30(21)22)13-26(33(47)48-2)42-31(45)29-24(35)14-20(15-25(29)36)44-10-11-49-17-28(44)34(37,38)39;1-17-11-24(34(37,38)39)28(32(45)42(17)4)23-9-8-20(22-7-6-10-40-30(22)23)12-27(33(46)47-5)41-31(44)29-25(35)13-21(14-26(29)36)43-15-19(3)48-16-18(43)2;1-17-12-25(46-3)27(31(44)41(17)2)21-8-7-18(20-6-5-9-39-29(20)21)13-24(32(45)47-4)40-30(43)28-22(34)14-19(15-23(28)35)42-10-11-48-16-26(42)33(36,37)38;/h3-9,12,14-16,26,28H,10-11,13,17H2,1-2H3,(H,42,45);6-11,13-14,18-19,27H,12,15-16H2,1-5H3,(H,41,44);5-9,12,14-15,24,26H,10-11,13,16H2,1-4H3,(H,40,43);1H4/t26-,28-;18-,19+,27-;24-,26+;/m000./s1. The summed E-state index contributed by atoms with van der Waals surface area (Å²) in [7, 11) is 9.27. The molecule has 3 aliphatic rings. The van der Waals surface area contributed by atoms with Gasteiger partial charge in [0.2, 0.25) is 0 Å². The van der Waals surface area contributed by atoms with Crippen LogP contribution in [0.1, 0.15) is 86.0 Å². The number of morpholine rings is 3. The van der Waals surface area contributed by atoms with Gasteiger partial charge in [0.05, 0.1) is 112 Å². The second-order valence-corrected chi connectivity index (χ2v) is 34.3. The van der Waals surface area contributed by atoms with E-state index in [-0.39, 0.29) is 110 Å². The van der Waals surface area contributed by atoms with Gasteiger partial charge in [0.15, 0.2) is 0 Å². The van der Waals surface area contributed by atoms with Crippen LogP contribution in [0.3, 0.4) is 0 Å². The van der Waals surface area contributed by atoms with Crippen LogP contribution in [0.15, 0.2) is 179 Å². The van der Waals surface area contributed by atoms with Crippen molar-refractivity contribution in [3.05, 3.63) is 281 Å². The van der Waals surface area contributed by atoms with Gasteiger partial charge in [-0.2, -0.15) is 39.5 Å². The third-order valence-electron chi connectivity index (χ3n) is 25.3. The molecular formula is C102H96F15N13O16. The first-order valence-corrected chi connectivity index (χ1v) is 44.7. The summed E-state index contributed by atoms with van der Waals surface area (Å²) in [5.41, 5.74) is -1.84. The number of carbonyl (C=O) groups excluding carboxylic acids is 6. The number of hydrogen-bond acceptors (Lipinski definition) is 23. The van der Waals surface area contributed by atoms with E-state index in [0.29, 0.717) is 110 Å². The molecule has 3 aliphatic heterocycles. The topological polar surface area (TPSA) is 330 Å². The van der Waals surface area contributed by atoms with Crippen LogP contribution < -0.4 is 52.1 Å². The number of anilines is 3. The number of fused-ring (bicyclic) bond motifs is 4. The zero-order chi connectivity index (χ0) is 105. The van der Waals surface area contributed by atoms with Crippen LogP contribution in [0, 0.1) is 48.8 Å². The van der Waals surface area contributed by atoms with Crippen LogP contribution in [0.4, 0.5) is 82.9 Å². The minimum atomic E-state index is -4.85. The molecule has 0 bridgehead atoms. The monoisotopic (exact) mass is 2040 g/mol. The zero-order valence-corrected chi connectivity index (χ0v) is 79.1. The SMILES string of the molecule is C.COC(=O)[C@H](Cc1ccc(-c2c(C(F)(F)F)cc(C)n(C)c2=O)c2ncccc12)NC(=O)c1c(F)cc(N2C[C@@H](C)OC[C@@H]2C)cc1F.COC(=O)[C@H](Cc1ccc(-c2c(OC)cc(C)n(C)c2=O)c2ncccc12)NC(=O)c1c(F)cc(N2CCOC[C@@H]2C(F)(F)F)cc1F.COC(=O)[C@H](Cc1ccc(-c2cc3cnccc3n(C)c2=O)c2ncccc12)NC(=O)c1c(F)cc(N2CCOC[C@H]2C(F)(F)F)cc1F. The van der Waals surface area contributed by atoms with Crippen LogP contribution in [0.25, 0.3) is 77.0 Å². The number of nitrogens with zero attached hydrogens (tertiary/aromatic N) is 10. The van der Waals surface area contributed by atoms with Gasteiger partial charge in [-0.05, 0) is 117 Å². The number of halogens is 15. The van der Waals surface area contributed by atoms with Crippen molar-refractivity contribution in [2.75, 3.05) is 95.8 Å². The molecule has 7 aromatic heterocycles. The zero-order valence-electron chi connectivity index (χ0n) is 79.1. The molecule has 3 N–H and O–H groups in total. The number of esters is 3. The first-order valence-electron chi connectivity index (χ1n) is 44.7. The van der Waals surface area contributed by atoms with Crippen molar-refractivity contribution < 1.29 is 128 Å². The Hall–Kier alpha value is -15.3. The Morgan fingerprint density at radius 3 is 1.22 bits per heavy atom. The van der Waals surface area contributed by atoms with Gasteiger partial charge >= 0.3 is 36.4 Å². The van der Waals surface area contributed by atoms with E-state index in [1.807, 2.05) is 13.8 Å². The molecule has 146 heavy (non-hydrogen) atoms. The number of ether oxygens (including phenoxy) is 7. The predicted molar refractivity (Wildman–Crippen MR) is 509 cm³/mol. The van der Waals surface area contributed by atoms with Crippen LogP contribution >= 0.6 is 0 Å². The minimum Gasteiger partial charge on any atom is -0.496 e. The Kier molecular flexibility index (Phi) is 32.9. The maximum absolute atomic E-state index is 15.3. The molecule has 16 rings (SSSR count). The van der Waals surface area contributed by atoms with Crippen molar-refractivity contribution in [1.82, 2.24) is 49.6 Å². The number of aryl methyl sites for hydroxylation is 3. The number of aromatic nitrogens is 7. The van der Waals surface area contributed by atoms with Gasteiger partial charge in [-0.25, -0.2) is 40.7 Å². The summed E-state index contributed by atoms with van der Waals surface area (Å²) in [5, 5.41) is 8.99. The van der Waals surface area contributed by atoms with E-state index in [0.717, 1.165) is 59.3 Å². The van der Waals surface area contributed by atoms with Crippen molar-refractivity contribution in [3.63, 3.8) is 0 Å². The molecule has 0 spiro atoms. The molecular weight excluding hydrogens is 1950 g/mol. The van der Waals surface area contributed by atoms with E-state index in [1.54, 1.807) is 105 Å². The summed E-state index contributed by atoms with van der Waals surface area (Å²) < 4.78 is 255. The fraction of sp³-hybridized carbons (Fsp3) is 0.324. The number of carbonyl (C=O) groups is 6. The van der Waals surface area contributed by atoms with E-state index in [1.165, 1.54) is 73.1 Å². The number of methoxy groups -OCH3 is 4. The third kappa shape index (κ3) is 22.6. The molecule has 6 aromatic carbocycles. The highest BCUT2D eigenvalue weighted by Gasteiger charge is 2.48. The van der Waals surface area contributed by atoms with Gasteiger partial charge in [0.25, 0.3) is 34.4 Å². The summed E-state index contributed by atoms with van der Waals surface area (Å²) in [6, 6.07) is 20.8. The molecule has 7 atom stereocenters. The molecule has 3 fully saturated rings. The quantitative estimate of drug-likeness (QED) is 0.0322. The first-order chi connectivity index (χ1) is 68.8. The molecule has 0 saturated carbocycles. The number of amides is 3. The van der Waals surface area contributed by atoms with Crippen LogP contribution in [-0.4, -0.2) is 205 Å². The lowest BCUT2D eigenvalue weighted by molar-refractivity contribution is -0.167. The lowest BCUT2D eigenvalue weighted by Crippen LogP contribution is -2.53. The van der Waals surface area contributed by atoms with Crippen molar-refractivity contribution in [3.8, 4) is 39.1 Å². The Labute approximate surface area is 822 Å². The fourth-order valence-corrected chi connectivity index (χ4v) is 17.7. The van der Waals surface area contributed by atoms with Gasteiger partial charge in [0.1, 0.15) is 87.6 Å². The molecule has 10 heterocycles. The van der Waals surface area contributed by atoms with E-state index in [2.05, 4.69) is 35.9 Å². The predicted octanol–water partition coefficient (Wildman–Crippen LogP) is 15.2. The molecule has 770 valence electrons. The average Bonchev–Trinajstić information content (AvgIpc) is 0.741.